The van der Waals surface area contributed by atoms with Gasteiger partial charge in [-0.05, 0) is 63.2 Å². The van der Waals surface area contributed by atoms with Gasteiger partial charge in [0, 0.05) is 34.5 Å². The number of nitrogens with zero attached hydrogens (tertiary/aromatic N) is 2. The molecule has 28 heavy (non-hydrogen) atoms. The summed E-state index contributed by atoms with van der Waals surface area (Å²) in [5, 5.41) is 2.89. The summed E-state index contributed by atoms with van der Waals surface area (Å²) >= 11 is 1.78. The van der Waals surface area contributed by atoms with E-state index in [4.69, 9.17) is 0 Å². The molecule has 1 saturated heterocycles. The fourth-order valence-electron chi connectivity index (χ4n) is 4.09. The molecule has 0 aliphatic carbocycles. The molecule has 0 aromatic heterocycles. The molecule has 146 valence electrons. The Kier molecular flexibility index (Phi) is 5.74. The summed E-state index contributed by atoms with van der Waals surface area (Å²) in [6.45, 7) is 9.85. The van der Waals surface area contributed by atoms with Crippen molar-refractivity contribution in [2.45, 2.75) is 35.6 Å². The van der Waals surface area contributed by atoms with Crippen LogP contribution in [0.15, 0.2) is 64.9 Å². The van der Waals surface area contributed by atoms with Crippen LogP contribution in [0.1, 0.15) is 30.1 Å². The standard InChI is InChI=1S/C23H27N3OS/c1-3-12-24-23(27)18-10-11-22-20(15-18)26(17(2)16-25-13-6-7-14-25)19-8-4-5-9-21(19)28-22/h3-5,8-11,15,17H,1,6-7,12-14,16H2,2H3,(H,24,27). The van der Waals surface area contributed by atoms with E-state index in [-0.39, 0.29) is 5.91 Å². The summed E-state index contributed by atoms with van der Waals surface area (Å²) in [6, 6.07) is 14.9. The summed E-state index contributed by atoms with van der Waals surface area (Å²) in [4.78, 5) is 19.9. The molecule has 2 aliphatic heterocycles. The van der Waals surface area contributed by atoms with E-state index in [1.165, 1.54) is 41.4 Å². The van der Waals surface area contributed by atoms with E-state index in [9.17, 15) is 4.79 Å². The summed E-state index contributed by atoms with van der Waals surface area (Å²) in [5.74, 6) is -0.0568. The van der Waals surface area contributed by atoms with Crippen molar-refractivity contribution < 1.29 is 4.79 Å². The molecule has 0 saturated carbocycles. The third-order valence-electron chi connectivity index (χ3n) is 5.39. The highest BCUT2D eigenvalue weighted by atomic mass is 32.2. The quantitative estimate of drug-likeness (QED) is 0.722. The molecule has 2 aromatic rings. The number of nitrogens with one attached hydrogen (secondary N) is 1. The normalized spacial score (nSPS) is 17.0. The number of rotatable bonds is 6. The average molecular weight is 394 g/mol. The number of amides is 1. The number of anilines is 2. The Morgan fingerprint density at radius 2 is 1.93 bits per heavy atom. The molecule has 2 aromatic carbocycles. The molecular formula is C23H27N3OS. The molecule has 4 nitrogen and oxygen atoms in total. The number of hydrogen-bond donors (Lipinski definition) is 1. The SMILES string of the molecule is C=CCNC(=O)c1ccc2c(c1)N(C(C)CN1CCCC1)c1ccccc1S2. The number of para-hydroxylation sites is 1. The number of benzene rings is 2. The summed E-state index contributed by atoms with van der Waals surface area (Å²) in [6.07, 6.45) is 4.29. The molecule has 2 aliphatic rings. The van der Waals surface area contributed by atoms with Gasteiger partial charge in [-0.25, -0.2) is 0 Å². The highest BCUT2D eigenvalue weighted by Gasteiger charge is 2.29. The zero-order valence-corrected chi connectivity index (χ0v) is 17.2. The largest absolute Gasteiger partial charge is 0.349 e. The second kappa shape index (κ2) is 8.41. The highest BCUT2D eigenvalue weighted by Crippen LogP contribution is 2.49. The number of carbonyl (C=O) groups excluding carboxylic acids is 1. The molecule has 1 atom stereocenters. The van der Waals surface area contributed by atoms with E-state index in [0.29, 0.717) is 18.2 Å². The maximum Gasteiger partial charge on any atom is 0.251 e. The molecule has 5 heteroatoms. The van der Waals surface area contributed by atoms with Gasteiger partial charge in [-0.3, -0.25) is 4.79 Å². The fraction of sp³-hybridized carbons (Fsp3) is 0.348. The van der Waals surface area contributed by atoms with E-state index in [1.54, 1.807) is 17.8 Å². The smallest absolute Gasteiger partial charge is 0.251 e. The van der Waals surface area contributed by atoms with Gasteiger partial charge in [0.25, 0.3) is 5.91 Å². The predicted octanol–water partition coefficient (Wildman–Crippen LogP) is 4.69. The molecule has 2 heterocycles. The predicted molar refractivity (Wildman–Crippen MR) is 117 cm³/mol. The summed E-state index contributed by atoms with van der Waals surface area (Å²) in [7, 11) is 0. The maximum absolute atomic E-state index is 12.5. The van der Waals surface area contributed by atoms with Gasteiger partial charge in [0.2, 0.25) is 0 Å². The molecule has 1 unspecified atom stereocenters. The first-order chi connectivity index (χ1) is 13.7. The highest BCUT2D eigenvalue weighted by molar-refractivity contribution is 7.99. The van der Waals surface area contributed by atoms with E-state index in [0.717, 1.165) is 12.2 Å². The lowest BCUT2D eigenvalue weighted by atomic mass is 10.1. The van der Waals surface area contributed by atoms with Crippen molar-refractivity contribution in [3.8, 4) is 0 Å². The third-order valence-corrected chi connectivity index (χ3v) is 6.52. The fourth-order valence-corrected chi connectivity index (χ4v) is 5.14. The van der Waals surface area contributed by atoms with E-state index >= 15 is 0 Å². The topological polar surface area (TPSA) is 35.6 Å². The van der Waals surface area contributed by atoms with Crippen LogP contribution in [0.4, 0.5) is 11.4 Å². The second-order valence-corrected chi connectivity index (χ2v) is 8.56. The van der Waals surface area contributed by atoms with E-state index < -0.39 is 0 Å². The first-order valence-corrected chi connectivity index (χ1v) is 10.8. The Bertz CT molecular complexity index is 876. The third kappa shape index (κ3) is 3.82. The van der Waals surface area contributed by atoms with Gasteiger partial charge in [0.1, 0.15) is 0 Å². The average Bonchev–Trinajstić information content (AvgIpc) is 3.22. The monoisotopic (exact) mass is 393 g/mol. The summed E-state index contributed by atoms with van der Waals surface area (Å²) in [5.41, 5.74) is 3.05. The Morgan fingerprint density at radius 1 is 1.18 bits per heavy atom. The lowest BCUT2D eigenvalue weighted by molar-refractivity contribution is 0.0958. The Labute approximate surface area is 171 Å². The Balaban J connectivity index is 1.69. The lowest BCUT2D eigenvalue weighted by Gasteiger charge is -2.39. The zero-order valence-electron chi connectivity index (χ0n) is 16.4. The van der Waals surface area contributed by atoms with Crippen LogP contribution in [0.3, 0.4) is 0 Å². The van der Waals surface area contributed by atoms with Gasteiger partial charge in [0.05, 0.1) is 11.4 Å². The molecular weight excluding hydrogens is 366 g/mol. The Hall–Kier alpha value is -2.24. The van der Waals surface area contributed by atoms with Gasteiger partial charge < -0.3 is 15.1 Å². The van der Waals surface area contributed by atoms with E-state index in [2.05, 4.69) is 59.0 Å². The number of hydrogen-bond acceptors (Lipinski definition) is 4. The Morgan fingerprint density at radius 3 is 2.71 bits per heavy atom. The molecule has 0 bridgehead atoms. The molecule has 0 spiro atoms. The van der Waals surface area contributed by atoms with Crippen molar-refractivity contribution >= 4 is 29.0 Å². The van der Waals surface area contributed by atoms with Crippen LogP contribution >= 0.6 is 11.8 Å². The van der Waals surface area contributed by atoms with Crippen molar-refractivity contribution in [1.29, 1.82) is 0 Å². The summed E-state index contributed by atoms with van der Waals surface area (Å²) < 4.78 is 0. The van der Waals surface area contributed by atoms with Gasteiger partial charge in [-0.2, -0.15) is 0 Å². The van der Waals surface area contributed by atoms with Crippen LogP contribution in [0, 0.1) is 0 Å². The molecule has 4 rings (SSSR count). The van der Waals surface area contributed by atoms with Crippen LogP contribution in [-0.2, 0) is 0 Å². The van der Waals surface area contributed by atoms with Crippen LogP contribution < -0.4 is 10.2 Å². The van der Waals surface area contributed by atoms with Crippen molar-refractivity contribution in [3.63, 3.8) is 0 Å². The second-order valence-electron chi connectivity index (χ2n) is 7.48. The van der Waals surface area contributed by atoms with Crippen molar-refractivity contribution in [2.75, 3.05) is 31.1 Å². The number of carbonyl (C=O) groups is 1. The first kappa shape index (κ1) is 19.1. The number of likely N-dealkylation sites (tertiary alicyclic amines) is 1. The van der Waals surface area contributed by atoms with E-state index in [1.807, 2.05) is 12.1 Å². The van der Waals surface area contributed by atoms with Gasteiger partial charge in [-0.15, -0.1) is 6.58 Å². The van der Waals surface area contributed by atoms with Gasteiger partial charge >= 0.3 is 0 Å². The van der Waals surface area contributed by atoms with Crippen LogP contribution in [0.25, 0.3) is 0 Å². The zero-order chi connectivity index (χ0) is 19.5. The lowest BCUT2D eigenvalue weighted by Crippen LogP contribution is -2.40. The molecule has 1 N–H and O–H groups in total. The van der Waals surface area contributed by atoms with Gasteiger partial charge in [0.15, 0.2) is 0 Å². The van der Waals surface area contributed by atoms with Crippen LogP contribution in [0.5, 0.6) is 0 Å². The molecule has 1 amide bonds. The first-order valence-electron chi connectivity index (χ1n) is 9.99. The minimum Gasteiger partial charge on any atom is -0.349 e. The van der Waals surface area contributed by atoms with Crippen molar-refractivity contribution in [2.24, 2.45) is 0 Å². The van der Waals surface area contributed by atoms with Crippen LogP contribution in [0.2, 0.25) is 0 Å². The van der Waals surface area contributed by atoms with Crippen molar-refractivity contribution in [3.05, 3.63) is 60.7 Å². The number of fused-ring (bicyclic) bond motifs is 2. The molecule has 1 fully saturated rings. The minimum absolute atomic E-state index is 0.0568. The van der Waals surface area contributed by atoms with Crippen LogP contribution in [-0.4, -0.2) is 43.0 Å². The van der Waals surface area contributed by atoms with Crippen molar-refractivity contribution in [1.82, 2.24) is 10.2 Å². The van der Waals surface area contributed by atoms with Gasteiger partial charge in [-0.1, -0.05) is 30.0 Å². The minimum atomic E-state index is -0.0568. The molecule has 0 radical (unpaired) electrons. The maximum atomic E-state index is 12.5.